The molecule has 0 aliphatic rings. The van der Waals surface area contributed by atoms with Crippen molar-refractivity contribution in [3.05, 3.63) is 60.3 Å². The van der Waals surface area contributed by atoms with Gasteiger partial charge in [-0.1, -0.05) is 41.7 Å². The van der Waals surface area contributed by atoms with Crippen LogP contribution in [0, 0.1) is 0 Å². The average molecular weight is 378 g/mol. The van der Waals surface area contributed by atoms with Crippen LogP contribution < -0.4 is 10.6 Å². The molecular weight excluding hydrogens is 360 g/mol. The van der Waals surface area contributed by atoms with E-state index >= 15 is 0 Å². The van der Waals surface area contributed by atoms with Crippen LogP contribution in [0.1, 0.15) is 23.3 Å². The van der Waals surface area contributed by atoms with E-state index in [2.05, 4.69) is 20.6 Å². The number of anilines is 1. The molecule has 0 fully saturated rings. The summed E-state index contributed by atoms with van der Waals surface area (Å²) in [4.78, 5) is 31.7. The summed E-state index contributed by atoms with van der Waals surface area (Å²) < 4.78 is 1.04. The van der Waals surface area contributed by atoms with Crippen molar-refractivity contribution in [1.82, 2.24) is 15.3 Å². The zero-order chi connectivity index (χ0) is 18.6. The molecule has 27 heavy (non-hydrogen) atoms. The summed E-state index contributed by atoms with van der Waals surface area (Å²) in [5.41, 5.74) is 2.33. The standard InChI is InChI=1S/C20H18N4O2S/c25-18(24-20-23-15-8-3-4-9-17(15)27-20)10-5-11-21-19(26)16-12-13-6-1-2-7-14(13)22-16/h1-4,6-9,12,22H,5,10-11H2,(H,21,26)(H,23,24,25). The number of hydrogen-bond acceptors (Lipinski definition) is 4. The number of amides is 2. The van der Waals surface area contributed by atoms with Crippen LogP contribution >= 0.6 is 11.3 Å². The molecule has 0 bridgehead atoms. The Kier molecular flexibility index (Phi) is 4.84. The van der Waals surface area contributed by atoms with E-state index in [9.17, 15) is 9.59 Å². The molecule has 6 nitrogen and oxygen atoms in total. The molecule has 0 aliphatic heterocycles. The highest BCUT2D eigenvalue weighted by molar-refractivity contribution is 7.22. The van der Waals surface area contributed by atoms with Crippen LogP contribution in [0.4, 0.5) is 5.13 Å². The number of aromatic amines is 1. The molecule has 0 aliphatic carbocycles. The first-order valence-corrected chi connectivity index (χ1v) is 9.52. The zero-order valence-electron chi connectivity index (χ0n) is 14.5. The van der Waals surface area contributed by atoms with Crippen molar-refractivity contribution in [2.45, 2.75) is 12.8 Å². The van der Waals surface area contributed by atoms with Crippen LogP contribution in [0.5, 0.6) is 0 Å². The predicted octanol–water partition coefficient (Wildman–Crippen LogP) is 3.93. The van der Waals surface area contributed by atoms with Gasteiger partial charge in [-0.05, 0) is 30.7 Å². The molecule has 0 saturated heterocycles. The Morgan fingerprint density at radius 2 is 1.89 bits per heavy atom. The number of nitrogens with one attached hydrogen (secondary N) is 3. The topological polar surface area (TPSA) is 86.9 Å². The number of H-pyrrole nitrogens is 1. The number of hydrogen-bond donors (Lipinski definition) is 3. The number of nitrogens with zero attached hydrogens (tertiary/aromatic N) is 1. The molecule has 2 amide bonds. The van der Waals surface area contributed by atoms with E-state index in [1.165, 1.54) is 11.3 Å². The van der Waals surface area contributed by atoms with Gasteiger partial charge in [0.1, 0.15) is 5.69 Å². The second-order valence-electron chi connectivity index (χ2n) is 6.16. The van der Waals surface area contributed by atoms with Crippen LogP contribution in [-0.2, 0) is 4.79 Å². The van der Waals surface area contributed by atoms with Gasteiger partial charge in [0, 0.05) is 23.9 Å². The van der Waals surface area contributed by atoms with Gasteiger partial charge in [0.05, 0.1) is 10.2 Å². The number of para-hydroxylation sites is 2. The van der Waals surface area contributed by atoms with Gasteiger partial charge in [0.2, 0.25) is 5.91 Å². The lowest BCUT2D eigenvalue weighted by molar-refractivity contribution is -0.116. The van der Waals surface area contributed by atoms with Crippen LogP contribution in [0.25, 0.3) is 21.1 Å². The van der Waals surface area contributed by atoms with Gasteiger partial charge in [-0.2, -0.15) is 0 Å². The van der Waals surface area contributed by atoms with Crippen molar-refractivity contribution in [1.29, 1.82) is 0 Å². The van der Waals surface area contributed by atoms with Crippen LogP contribution in [-0.4, -0.2) is 28.3 Å². The van der Waals surface area contributed by atoms with Crippen LogP contribution in [0.15, 0.2) is 54.6 Å². The molecule has 4 rings (SSSR count). The van der Waals surface area contributed by atoms with E-state index in [4.69, 9.17) is 0 Å². The third-order valence-corrected chi connectivity index (χ3v) is 5.13. The van der Waals surface area contributed by atoms with E-state index in [1.54, 1.807) is 0 Å². The fourth-order valence-electron chi connectivity index (χ4n) is 2.85. The van der Waals surface area contributed by atoms with Crippen molar-refractivity contribution < 1.29 is 9.59 Å². The highest BCUT2D eigenvalue weighted by atomic mass is 32.1. The predicted molar refractivity (Wildman–Crippen MR) is 108 cm³/mol. The van der Waals surface area contributed by atoms with Crippen molar-refractivity contribution in [3.8, 4) is 0 Å². The molecule has 2 heterocycles. The maximum Gasteiger partial charge on any atom is 0.267 e. The quantitative estimate of drug-likeness (QED) is 0.444. The maximum atomic E-state index is 12.2. The summed E-state index contributed by atoms with van der Waals surface area (Å²) in [6.07, 6.45) is 0.881. The monoisotopic (exact) mass is 378 g/mol. The molecule has 0 spiro atoms. The van der Waals surface area contributed by atoms with Crippen molar-refractivity contribution in [2.75, 3.05) is 11.9 Å². The average Bonchev–Trinajstić information content (AvgIpc) is 3.28. The Morgan fingerprint density at radius 1 is 1.07 bits per heavy atom. The Labute approximate surface area is 159 Å². The van der Waals surface area contributed by atoms with E-state index in [0.29, 0.717) is 30.2 Å². The molecule has 2 aromatic carbocycles. The molecule has 7 heteroatoms. The molecule has 4 aromatic rings. The SMILES string of the molecule is O=C(CCCNC(=O)c1cc2ccccc2[nH]1)Nc1nc2ccccc2s1. The second-order valence-corrected chi connectivity index (χ2v) is 7.20. The molecule has 3 N–H and O–H groups in total. The maximum absolute atomic E-state index is 12.2. The molecule has 0 atom stereocenters. The molecule has 0 saturated carbocycles. The fraction of sp³-hybridized carbons (Fsp3) is 0.150. The van der Waals surface area contributed by atoms with Gasteiger partial charge >= 0.3 is 0 Å². The number of carbonyl (C=O) groups excluding carboxylic acids is 2. The molecular formula is C20H18N4O2S. The minimum absolute atomic E-state index is 0.103. The molecule has 136 valence electrons. The van der Waals surface area contributed by atoms with E-state index < -0.39 is 0 Å². The lowest BCUT2D eigenvalue weighted by Gasteiger charge is -2.04. The summed E-state index contributed by atoms with van der Waals surface area (Å²) in [6, 6.07) is 17.3. The first-order chi connectivity index (χ1) is 13.2. The van der Waals surface area contributed by atoms with E-state index in [-0.39, 0.29) is 11.8 Å². The number of rotatable bonds is 6. The Morgan fingerprint density at radius 3 is 2.74 bits per heavy atom. The summed E-state index contributed by atoms with van der Waals surface area (Å²) in [5.74, 6) is -0.272. The number of fused-ring (bicyclic) bond motifs is 2. The van der Waals surface area contributed by atoms with Crippen LogP contribution in [0.2, 0.25) is 0 Å². The number of aromatic nitrogens is 2. The third kappa shape index (κ3) is 3.98. The smallest absolute Gasteiger partial charge is 0.267 e. The van der Waals surface area contributed by atoms with Crippen molar-refractivity contribution in [3.63, 3.8) is 0 Å². The number of carbonyl (C=O) groups is 2. The Hall–Kier alpha value is -3.19. The lowest BCUT2D eigenvalue weighted by Crippen LogP contribution is -2.25. The summed E-state index contributed by atoms with van der Waals surface area (Å²) in [7, 11) is 0. The minimum atomic E-state index is -0.169. The van der Waals surface area contributed by atoms with Gasteiger partial charge in [0.15, 0.2) is 5.13 Å². The summed E-state index contributed by atoms with van der Waals surface area (Å²) in [5, 5.41) is 7.25. The summed E-state index contributed by atoms with van der Waals surface area (Å²) in [6.45, 7) is 0.432. The fourth-order valence-corrected chi connectivity index (χ4v) is 3.73. The molecule has 2 aromatic heterocycles. The van der Waals surface area contributed by atoms with Gasteiger partial charge in [0.25, 0.3) is 5.91 Å². The van der Waals surface area contributed by atoms with Gasteiger partial charge in [-0.25, -0.2) is 4.98 Å². The summed E-state index contributed by atoms with van der Waals surface area (Å²) >= 11 is 1.45. The zero-order valence-corrected chi connectivity index (χ0v) is 15.3. The number of benzene rings is 2. The first-order valence-electron chi connectivity index (χ1n) is 8.70. The minimum Gasteiger partial charge on any atom is -0.351 e. The number of thiazole rings is 1. The lowest BCUT2D eigenvalue weighted by atomic mass is 10.2. The third-order valence-electron chi connectivity index (χ3n) is 4.18. The molecule has 0 unspecified atom stereocenters. The van der Waals surface area contributed by atoms with Gasteiger partial charge in [-0.15, -0.1) is 0 Å². The van der Waals surface area contributed by atoms with E-state index in [1.807, 2.05) is 54.6 Å². The second kappa shape index (κ2) is 7.59. The highest BCUT2D eigenvalue weighted by Crippen LogP contribution is 2.25. The largest absolute Gasteiger partial charge is 0.351 e. The Balaban J connectivity index is 1.24. The van der Waals surface area contributed by atoms with Gasteiger partial charge in [-0.3, -0.25) is 9.59 Å². The van der Waals surface area contributed by atoms with Crippen molar-refractivity contribution >= 4 is 49.4 Å². The molecule has 0 radical (unpaired) electrons. The van der Waals surface area contributed by atoms with E-state index in [0.717, 1.165) is 21.1 Å². The van der Waals surface area contributed by atoms with Crippen LogP contribution in [0.3, 0.4) is 0 Å². The van der Waals surface area contributed by atoms with Gasteiger partial charge < -0.3 is 15.6 Å². The normalized spacial score (nSPS) is 11.0. The Bertz CT molecular complexity index is 1050. The highest BCUT2D eigenvalue weighted by Gasteiger charge is 2.10. The van der Waals surface area contributed by atoms with Crippen molar-refractivity contribution in [2.24, 2.45) is 0 Å². The first kappa shape index (κ1) is 17.2.